The van der Waals surface area contributed by atoms with Gasteiger partial charge in [0.25, 0.3) is 5.56 Å². The smallest absolute Gasteiger partial charge is 0.279 e. The van der Waals surface area contributed by atoms with Gasteiger partial charge >= 0.3 is 0 Å². The number of nitrogens with zero attached hydrogens (tertiary/aromatic N) is 4. The molecule has 0 radical (unpaired) electrons. The van der Waals surface area contributed by atoms with Gasteiger partial charge in [-0.25, -0.2) is 0 Å². The quantitative estimate of drug-likeness (QED) is 0.554. The second kappa shape index (κ2) is 7.84. The lowest BCUT2D eigenvalue weighted by molar-refractivity contribution is 0.472. The fraction of sp³-hybridized carbons (Fsp3) is 0.0526. The van der Waals surface area contributed by atoms with Crippen molar-refractivity contribution in [1.29, 1.82) is 0 Å². The van der Waals surface area contributed by atoms with Crippen LogP contribution in [0.3, 0.4) is 0 Å². The number of pyridine rings is 1. The van der Waals surface area contributed by atoms with Crippen LogP contribution in [0.15, 0.2) is 71.0 Å². The Morgan fingerprint density at radius 2 is 1.96 bits per heavy atom. The molecule has 0 aliphatic heterocycles. The van der Waals surface area contributed by atoms with Crippen LogP contribution in [0, 0.1) is 0 Å². The van der Waals surface area contributed by atoms with Crippen LogP contribution < -0.4 is 11.0 Å². The molecule has 1 aromatic carbocycles. The van der Waals surface area contributed by atoms with Crippen LogP contribution in [0.5, 0.6) is 5.75 Å². The Balaban J connectivity index is 0.00000225. The molecule has 0 saturated carbocycles. The summed E-state index contributed by atoms with van der Waals surface area (Å²) >= 11 is 5.98. The number of halogens is 2. The van der Waals surface area contributed by atoms with Gasteiger partial charge in [0.15, 0.2) is 11.3 Å². The van der Waals surface area contributed by atoms with E-state index in [1.54, 1.807) is 30.6 Å². The SMILES string of the molecule is Cl.O=c1c(-c2cnccn2)cn2ccn(Cc3cccc(Cl)c3)c(=O)c2c1O. The fourth-order valence-electron chi connectivity index (χ4n) is 2.88. The Morgan fingerprint density at radius 3 is 2.68 bits per heavy atom. The van der Waals surface area contributed by atoms with Gasteiger partial charge in [-0.1, -0.05) is 23.7 Å². The summed E-state index contributed by atoms with van der Waals surface area (Å²) in [5.41, 5.74) is 0.0374. The van der Waals surface area contributed by atoms with Crippen molar-refractivity contribution in [3.63, 3.8) is 0 Å². The maximum atomic E-state index is 12.8. The first-order valence-corrected chi connectivity index (χ1v) is 8.40. The summed E-state index contributed by atoms with van der Waals surface area (Å²) < 4.78 is 2.82. The highest BCUT2D eigenvalue weighted by atomic mass is 35.5. The molecule has 4 aromatic rings. The van der Waals surface area contributed by atoms with Crippen molar-refractivity contribution in [3.05, 3.63) is 92.6 Å². The summed E-state index contributed by atoms with van der Waals surface area (Å²) in [4.78, 5) is 33.4. The molecule has 28 heavy (non-hydrogen) atoms. The van der Waals surface area contributed by atoms with E-state index >= 15 is 0 Å². The first kappa shape index (κ1) is 19.6. The zero-order valence-electron chi connectivity index (χ0n) is 14.3. The van der Waals surface area contributed by atoms with Crippen LogP contribution in [-0.2, 0) is 6.54 Å². The number of benzene rings is 1. The summed E-state index contributed by atoms with van der Waals surface area (Å²) in [6.45, 7) is 0.259. The highest BCUT2D eigenvalue weighted by Gasteiger charge is 2.16. The van der Waals surface area contributed by atoms with Gasteiger partial charge in [0.1, 0.15) is 0 Å². The molecule has 9 heteroatoms. The monoisotopic (exact) mass is 416 g/mol. The molecule has 0 fully saturated rings. The Bertz CT molecular complexity index is 1270. The molecule has 0 aliphatic rings. The van der Waals surface area contributed by atoms with E-state index in [2.05, 4.69) is 9.97 Å². The molecule has 142 valence electrons. The van der Waals surface area contributed by atoms with Crippen molar-refractivity contribution >= 4 is 29.5 Å². The number of rotatable bonds is 3. The number of hydrogen-bond donors (Lipinski definition) is 1. The lowest BCUT2D eigenvalue weighted by atomic mass is 10.2. The number of fused-ring (bicyclic) bond motifs is 1. The molecule has 1 N–H and O–H groups in total. The molecule has 0 atom stereocenters. The summed E-state index contributed by atoms with van der Waals surface area (Å²) in [7, 11) is 0. The lowest BCUT2D eigenvalue weighted by Crippen LogP contribution is -2.24. The maximum Gasteiger partial charge on any atom is 0.279 e. The predicted molar refractivity (Wildman–Crippen MR) is 108 cm³/mol. The van der Waals surface area contributed by atoms with Crippen LogP contribution in [0.1, 0.15) is 5.56 Å². The average molecular weight is 417 g/mol. The summed E-state index contributed by atoms with van der Waals surface area (Å²) in [6, 6.07) is 7.12. The summed E-state index contributed by atoms with van der Waals surface area (Å²) in [5.74, 6) is -0.622. The van der Waals surface area contributed by atoms with Crippen LogP contribution in [0.25, 0.3) is 16.8 Å². The fourth-order valence-corrected chi connectivity index (χ4v) is 3.10. The molecular formula is C19H14Cl2N4O3. The van der Waals surface area contributed by atoms with Gasteiger partial charge in [0.05, 0.1) is 24.0 Å². The maximum absolute atomic E-state index is 12.8. The van der Waals surface area contributed by atoms with E-state index in [9.17, 15) is 14.7 Å². The third-order valence-corrected chi connectivity index (χ3v) is 4.40. The van der Waals surface area contributed by atoms with Crippen LogP contribution >= 0.6 is 24.0 Å². The minimum atomic E-state index is -0.673. The van der Waals surface area contributed by atoms with Crippen molar-refractivity contribution in [2.45, 2.75) is 6.54 Å². The van der Waals surface area contributed by atoms with E-state index in [1.807, 2.05) is 6.07 Å². The lowest BCUT2D eigenvalue weighted by Gasteiger charge is -2.11. The molecule has 3 aromatic heterocycles. The Kier molecular flexibility index (Phi) is 5.48. The second-order valence-electron chi connectivity index (χ2n) is 5.93. The molecule has 0 unspecified atom stereocenters. The van der Waals surface area contributed by atoms with Gasteiger partial charge in [-0.05, 0) is 17.7 Å². The number of aromatic hydroxyl groups is 1. The molecular weight excluding hydrogens is 403 g/mol. The zero-order valence-corrected chi connectivity index (χ0v) is 15.9. The topological polar surface area (TPSA) is 89.5 Å². The Morgan fingerprint density at radius 1 is 1.14 bits per heavy atom. The van der Waals surface area contributed by atoms with Gasteiger partial charge in [0.2, 0.25) is 5.43 Å². The van der Waals surface area contributed by atoms with E-state index < -0.39 is 16.7 Å². The molecule has 0 amide bonds. The van der Waals surface area contributed by atoms with Gasteiger partial charge < -0.3 is 14.1 Å². The zero-order chi connectivity index (χ0) is 19.0. The average Bonchev–Trinajstić information content (AvgIpc) is 2.67. The molecule has 3 heterocycles. The van der Waals surface area contributed by atoms with Crippen LogP contribution in [-0.4, -0.2) is 24.0 Å². The predicted octanol–water partition coefficient (Wildman–Crippen LogP) is 2.75. The van der Waals surface area contributed by atoms with E-state index in [0.717, 1.165) is 5.56 Å². The van der Waals surface area contributed by atoms with Crippen molar-refractivity contribution in [2.24, 2.45) is 0 Å². The van der Waals surface area contributed by atoms with Crippen molar-refractivity contribution < 1.29 is 5.11 Å². The molecule has 7 nitrogen and oxygen atoms in total. The van der Waals surface area contributed by atoms with Crippen LogP contribution in [0.4, 0.5) is 0 Å². The minimum Gasteiger partial charge on any atom is -0.503 e. The van der Waals surface area contributed by atoms with E-state index in [0.29, 0.717) is 10.7 Å². The molecule has 0 bridgehead atoms. The first-order valence-electron chi connectivity index (χ1n) is 8.03. The number of aromatic nitrogens is 4. The standard InChI is InChI=1S/C19H13ClN4O3.ClH/c20-13-3-1-2-12(8-13)10-24-7-6-23-11-14(15-9-21-4-5-22-15)17(25)18(26)16(23)19(24)27;/h1-9,11,26H,10H2;1H. The van der Waals surface area contributed by atoms with Gasteiger partial charge in [-0.15, -0.1) is 12.4 Å². The Labute approximate surface area is 169 Å². The van der Waals surface area contributed by atoms with Gasteiger partial charge in [-0.2, -0.15) is 0 Å². The van der Waals surface area contributed by atoms with Gasteiger partial charge in [-0.3, -0.25) is 19.6 Å². The largest absolute Gasteiger partial charge is 0.503 e. The van der Waals surface area contributed by atoms with Gasteiger partial charge in [0, 0.05) is 36.0 Å². The summed E-state index contributed by atoms with van der Waals surface area (Å²) in [5, 5.41) is 11.0. The normalized spacial score (nSPS) is 10.6. The van der Waals surface area contributed by atoms with Crippen molar-refractivity contribution in [2.75, 3.05) is 0 Å². The second-order valence-corrected chi connectivity index (χ2v) is 6.36. The van der Waals surface area contributed by atoms with Crippen molar-refractivity contribution in [1.82, 2.24) is 18.9 Å². The van der Waals surface area contributed by atoms with Crippen LogP contribution in [0.2, 0.25) is 5.02 Å². The minimum absolute atomic E-state index is 0. The number of hydrogen-bond acceptors (Lipinski definition) is 5. The molecule has 0 aliphatic carbocycles. The third kappa shape index (κ3) is 3.49. The molecule has 0 spiro atoms. The highest BCUT2D eigenvalue weighted by Crippen LogP contribution is 2.18. The molecule has 4 rings (SSSR count). The first-order chi connectivity index (χ1) is 13.0. The summed E-state index contributed by atoms with van der Waals surface area (Å²) in [6.07, 6.45) is 9.00. The Hall–Kier alpha value is -3.16. The highest BCUT2D eigenvalue weighted by molar-refractivity contribution is 6.30. The van der Waals surface area contributed by atoms with E-state index in [4.69, 9.17) is 11.6 Å². The third-order valence-electron chi connectivity index (χ3n) is 4.16. The van der Waals surface area contributed by atoms with E-state index in [-0.39, 0.29) is 30.0 Å². The molecule has 0 saturated heterocycles. The van der Waals surface area contributed by atoms with Crippen molar-refractivity contribution in [3.8, 4) is 17.0 Å². The van der Waals surface area contributed by atoms with E-state index in [1.165, 1.54) is 33.8 Å².